The van der Waals surface area contributed by atoms with E-state index in [0.717, 1.165) is 0 Å². The molecule has 0 aliphatic carbocycles. The standard InChI is InChI=1S/C5H3O2/c6-3-5-1-2-7-4-5/h1-2,4H. The molecule has 2 heteroatoms. The molecule has 1 aromatic heterocycles. The molecular weight excluding hydrogens is 92.1 g/mol. The molecule has 1 aromatic rings. The van der Waals surface area contributed by atoms with Crippen LogP contribution in [-0.2, 0) is 4.79 Å². The number of furan rings is 1. The predicted molar refractivity (Wildman–Crippen MR) is 23.5 cm³/mol. The molecule has 0 atom stereocenters. The predicted octanol–water partition coefficient (Wildman–Crippen LogP) is 0.737. The van der Waals surface area contributed by atoms with Crippen molar-refractivity contribution < 1.29 is 9.21 Å². The Balaban J connectivity index is 2.96. The summed E-state index contributed by atoms with van der Waals surface area (Å²) in [5.41, 5.74) is 0.458. The molecule has 0 N–H and O–H groups in total. The molecule has 0 aromatic carbocycles. The normalized spacial score (nSPS) is 8.57. The van der Waals surface area contributed by atoms with Crippen molar-refractivity contribution in [1.82, 2.24) is 0 Å². The maximum atomic E-state index is 9.68. The SMILES string of the molecule is O=[C]c1ccoc1. The van der Waals surface area contributed by atoms with Gasteiger partial charge in [-0.25, -0.2) is 0 Å². The third-order valence-electron chi connectivity index (χ3n) is 0.639. The third kappa shape index (κ3) is 0.682. The van der Waals surface area contributed by atoms with Crippen LogP contribution in [0.4, 0.5) is 0 Å². The van der Waals surface area contributed by atoms with Crippen molar-refractivity contribution in [1.29, 1.82) is 0 Å². The molecule has 0 amide bonds. The Morgan fingerprint density at radius 3 is 2.86 bits per heavy atom. The summed E-state index contributed by atoms with van der Waals surface area (Å²) in [6.07, 6.45) is 4.43. The van der Waals surface area contributed by atoms with Gasteiger partial charge in [-0.3, -0.25) is 4.79 Å². The fourth-order valence-electron chi connectivity index (χ4n) is 0.323. The lowest BCUT2D eigenvalue weighted by Crippen LogP contribution is -1.66. The van der Waals surface area contributed by atoms with Crippen LogP contribution in [0, 0.1) is 0 Å². The molecule has 7 heavy (non-hydrogen) atoms. The highest BCUT2D eigenvalue weighted by Gasteiger charge is 1.86. The zero-order chi connectivity index (χ0) is 5.11. The summed E-state index contributed by atoms with van der Waals surface area (Å²) in [5, 5.41) is 0. The Bertz CT molecular complexity index is 141. The van der Waals surface area contributed by atoms with E-state index in [1.807, 2.05) is 0 Å². The van der Waals surface area contributed by atoms with Gasteiger partial charge in [0.25, 0.3) is 0 Å². The molecule has 1 rings (SSSR count). The molecule has 2 nitrogen and oxygen atoms in total. The topological polar surface area (TPSA) is 30.2 Å². The van der Waals surface area contributed by atoms with Crippen molar-refractivity contribution >= 4 is 6.29 Å². The first kappa shape index (κ1) is 4.12. The minimum absolute atomic E-state index is 0.458. The minimum Gasteiger partial charge on any atom is -0.472 e. The van der Waals surface area contributed by atoms with E-state index in [0.29, 0.717) is 5.56 Å². The first-order valence-corrected chi connectivity index (χ1v) is 1.84. The van der Waals surface area contributed by atoms with Gasteiger partial charge in [-0.15, -0.1) is 0 Å². The maximum absolute atomic E-state index is 9.68. The zero-order valence-electron chi connectivity index (χ0n) is 3.55. The molecule has 0 unspecified atom stereocenters. The molecule has 0 fully saturated rings. The van der Waals surface area contributed by atoms with E-state index in [2.05, 4.69) is 4.42 Å². The van der Waals surface area contributed by atoms with E-state index >= 15 is 0 Å². The van der Waals surface area contributed by atoms with Crippen LogP contribution in [0.5, 0.6) is 0 Å². The van der Waals surface area contributed by atoms with Crippen LogP contribution in [0.3, 0.4) is 0 Å². The number of rotatable bonds is 1. The van der Waals surface area contributed by atoms with Crippen LogP contribution >= 0.6 is 0 Å². The molecule has 0 aliphatic heterocycles. The van der Waals surface area contributed by atoms with E-state index < -0.39 is 0 Å². The van der Waals surface area contributed by atoms with Gasteiger partial charge in [-0.05, 0) is 6.07 Å². The van der Waals surface area contributed by atoms with Crippen molar-refractivity contribution in [2.45, 2.75) is 0 Å². The Kier molecular flexibility index (Phi) is 0.941. The minimum atomic E-state index is 0.458. The van der Waals surface area contributed by atoms with Crippen LogP contribution in [0.1, 0.15) is 5.56 Å². The lowest BCUT2D eigenvalue weighted by Gasteiger charge is -1.62. The Labute approximate surface area is 40.8 Å². The van der Waals surface area contributed by atoms with Gasteiger partial charge in [0, 0.05) is 0 Å². The van der Waals surface area contributed by atoms with Gasteiger partial charge in [0.05, 0.1) is 11.8 Å². The van der Waals surface area contributed by atoms with Gasteiger partial charge in [0.15, 0.2) is 0 Å². The van der Waals surface area contributed by atoms with Crippen LogP contribution in [0.2, 0.25) is 0 Å². The average molecular weight is 95.1 g/mol. The Hall–Kier alpha value is -1.05. The molecule has 0 bridgehead atoms. The molecule has 0 spiro atoms. The summed E-state index contributed by atoms with van der Waals surface area (Å²) in [6.45, 7) is 0. The number of hydrogen-bond acceptors (Lipinski definition) is 2. The maximum Gasteiger partial charge on any atom is 0.236 e. The quantitative estimate of drug-likeness (QED) is 0.514. The summed E-state index contributed by atoms with van der Waals surface area (Å²) < 4.78 is 4.54. The molecule has 0 saturated heterocycles. The molecule has 1 heterocycles. The summed E-state index contributed by atoms with van der Waals surface area (Å²) in [6, 6.07) is 1.55. The van der Waals surface area contributed by atoms with Gasteiger partial charge in [0.1, 0.15) is 6.26 Å². The average Bonchev–Trinajstić information content (AvgIpc) is 2.14. The lowest BCUT2D eigenvalue weighted by molar-refractivity contribution is 0.555. The van der Waals surface area contributed by atoms with Crippen molar-refractivity contribution in [3.63, 3.8) is 0 Å². The Morgan fingerprint density at radius 2 is 2.57 bits per heavy atom. The van der Waals surface area contributed by atoms with Crippen LogP contribution in [-0.4, -0.2) is 6.29 Å². The summed E-state index contributed by atoms with van der Waals surface area (Å²) in [4.78, 5) is 9.68. The van der Waals surface area contributed by atoms with Crippen molar-refractivity contribution in [2.24, 2.45) is 0 Å². The highest BCUT2D eigenvalue weighted by Crippen LogP contribution is 1.92. The summed E-state index contributed by atoms with van der Waals surface area (Å²) in [5.74, 6) is 0. The van der Waals surface area contributed by atoms with Gasteiger partial charge >= 0.3 is 0 Å². The first-order valence-electron chi connectivity index (χ1n) is 1.84. The highest BCUT2D eigenvalue weighted by atomic mass is 16.3. The smallest absolute Gasteiger partial charge is 0.236 e. The van der Waals surface area contributed by atoms with Gasteiger partial charge in [-0.1, -0.05) is 0 Å². The highest BCUT2D eigenvalue weighted by molar-refractivity contribution is 5.74. The lowest BCUT2D eigenvalue weighted by atomic mass is 10.4. The zero-order valence-corrected chi connectivity index (χ0v) is 3.55. The molecule has 1 radical (unpaired) electrons. The second-order valence-corrected chi connectivity index (χ2v) is 1.11. The summed E-state index contributed by atoms with van der Waals surface area (Å²) >= 11 is 0. The molecule has 0 saturated carbocycles. The van der Waals surface area contributed by atoms with Crippen LogP contribution < -0.4 is 0 Å². The molecule has 0 aliphatic rings. The van der Waals surface area contributed by atoms with E-state index in [1.165, 1.54) is 12.5 Å². The second kappa shape index (κ2) is 1.60. The van der Waals surface area contributed by atoms with Gasteiger partial charge in [0.2, 0.25) is 6.29 Å². The number of carbonyl (C=O) groups excluding carboxylic acids is 1. The van der Waals surface area contributed by atoms with Gasteiger partial charge in [-0.2, -0.15) is 0 Å². The summed E-state index contributed by atoms with van der Waals surface area (Å²) in [7, 11) is 0. The fourth-order valence-corrected chi connectivity index (χ4v) is 0.323. The Morgan fingerprint density at radius 1 is 1.71 bits per heavy atom. The molecule has 35 valence electrons. The third-order valence-corrected chi connectivity index (χ3v) is 0.639. The second-order valence-electron chi connectivity index (χ2n) is 1.11. The molecular formula is C5H3O2. The van der Waals surface area contributed by atoms with Gasteiger partial charge < -0.3 is 4.42 Å². The van der Waals surface area contributed by atoms with E-state index in [4.69, 9.17) is 0 Å². The van der Waals surface area contributed by atoms with Crippen molar-refractivity contribution in [3.05, 3.63) is 24.2 Å². The van der Waals surface area contributed by atoms with E-state index in [-0.39, 0.29) is 0 Å². The monoisotopic (exact) mass is 95.0 g/mol. The van der Waals surface area contributed by atoms with Crippen LogP contribution in [0.25, 0.3) is 0 Å². The largest absolute Gasteiger partial charge is 0.472 e. The fraction of sp³-hybridized carbons (Fsp3) is 0. The number of hydrogen-bond donors (Lipinski definition) is 0. The van der Waals surface area contributed by atoms with Crippen molar-refractivity contribution in [3.8, 4) is 0 Å². The van der Waals surface area contributed by atoms with Crippen LogP contribution in [0.15, 0.2) is 23.0 Å². The first-order chi connectivity index (χ1) is 3.43. The van der Waals surface area contributed by atoms with Crippen molar-refractivity contribution in [2.75, 3.05) is 0 Å². The van der Waals surface area contributed by atoms with E-state index in [1.54, 1.807) is 12.4 Å². The van der Waals surface area contributed by atoms with E-state index in [9.17, 15) is 4.79 Å².